The van der Waals surface area contributed by atoms with Crippen LogP contribution in [-0.4, -0.2) is 25.5 Å². The summed E-state index contributed by atoms with van der Waals surface area (Å²) in [5, 5.41) is 14.5. The van der Waals surface area contributed by atoms with Crippen molar-refractivity contribution in [3.05, 3.63) is 46.9 Å². The summed E-state index contributed by atoms with van der Waals surface area (Å²) in [6.07, 6.45) is 9.54. The van der Waals surface area contributed by atoms with Crippen LogP contribution >= 0.6 is 23.1 Å². The Kier molecular flexibility index (Phi) is 6.24. The first-order chi connectivity index (χ1) is 13.3. The lowest BCUT2D eigenvalue weighted by Gasteiger charge is -2.30. The van der Waals surface area contributed by atoms with Crippen LogP contribution in [0.15, 0.2) is 46.4 Å². The van der Waals surface area contributed by atoms with Crippen LogP contribution in [0.2, 0.25) is 0 Å². The molecule has 27 heavy (non-hydrogen) atoms. The molecule has 4 rings (SSSR count). The van der Waals surface area contributed by atoms with Crippen molar-refractivity contribution in [1.82, 2.24) is 19.7 Å². The SMILES string of the molecule is C[C@H](C1CCCCC1)n1c(SCCc2ccccn2)nnc1-c1ccsc1. The van der Waals surface area contributed by atoms with Crippen molar-refractivity contribution in [3.8, 4) is 11.4 Å². The monoisotopic (exact) mass is 398 g/mol. The van der Waals surface area contributed by atoms with Crippen molar-refractivity contribution in [2.45, 2.75) is 56.6 Å². The van der Waals surface area contributed by atoms with E-state index in [2.05, 4.69) is 55.6 Å². The predicted octanol–water partition coefficient (Wildman–Crippen LogP) is 5.88. The van der Waals surface area contributed by atoms with Gasteiger partial charge in [0, 0.05) is 34.6 Å². The van der Waals surface area contributed by atoms with Gasteiger partial charge in [-0.15, -0.1) is 10.2 Å². The number of rotatable bonds is 7. The second-order valence-corrected chi connectivity index (χ2v) is 9.09. The van der Waals surface area contributed by atoms with Crippen LogP contribution in [0.5, 0.6) is 0 Å². The Labute approximate surface area is 169 Å². The number of thioether (sulfide) groups is 1. The van der Waals surface area contributed by atoms with E-state index in [-0.39, 0.29) is 0 Å². The minimum Gasteiger partial charge on any atom is -0.299 e. The molecule has 1 fully saturated rings. The molecule has 6 heteroatoms. The number of aromatic nitrogens is 4. The van der Waals surface area contributed by atoms with E-state index < -0.39 is 0 Å². The maximum Gasteiger partial charge on any atom is 0.191 e. The standard InChI is InChI=1S/C21H26N4S2/c1-16(17-7-3-2-4-8-17)25-20(18-10-13-26-15-18)23-24-21(25)27-14-11-19-9-5-6-12-22-19/h5-6,9-10,12-13,15-17H,2-4,7-8,11,14H2,1H3/t16-/m1/s1. The van der Waals surface area contributed by atoms with Crippen molar-refractivity contribution in [2.24, 2.45) is 5.92 Å². The molecule has 0 aromatic carbocycles. The molecule has 1 aliphatic carbocycles. The van der Waals surface area contributed by atoms with Crippen molar-refractivity contribution in [2.75, 3.05) is 5.75 Å². The van der Waals surface area contributed by atoms with E-state index in [0.717, 1.165) is 34.8 Å². The fourth-order valence-corrected chi connectivity index (χ4v) is 5.57. The summed E-state index contributed by atoms with van der Waals surface area (Å²) in [6.45, 7) is 2.36. The highest BCUT2D eigenvalue weighted by Gasteiger charge is 2.27. The molecule has 3 aromatic rings. The van der Waals surface area contributed by atoms with Crippen LogP contribution in [0.25, 0.3) is 11.4 Å². The molecule has 4 nitrogen and oxygen atoms in total. The molecular weight excluding hydrogens is 372 g/mol. The van der Waals surface area contributed by atoms with Crippen LogP contribution < -0.4 is 0 Å². The van der Waals surface area contributed by atoms with E-state index >= 15 is 0 Å². The molecule has 0 radical (unpaired) electrons. The molecular formula is C21H26N4S2. The summed E-state index contributed by atoms with van der Waals surface area (Å²) in [4.78, 5) is 4.43. The predicted molar refractivity (Wildman–Crippen MR) is 113 cm³/mol. The molecule has 0 saturated heterocycles. The third-order valence-electron chi connectivity index (χ3n) is 5.50. The number of nitrogens with zero attached hydrogens (tertiary/aromatic N) is 4. The lowest BCUT2D eigenvalue weighted by atomic mass is 9.84. The van der Waals surface area contributed by atoms with Crippen molar-refractivity contribution in [3.63, 3.8) is 0 Å². The van der Waals surface area contributed by atoms with E-state index in [0.29, 0.717) is 6.04 Å². The van der Waals surface area contributed by atoms with Crippen molar-refractivity contribution in [1.29, 1.82) is 0 Å². The Morgan fingerprint density at radius 3 is 2.81 bits per heavy atom. The summed E-state index contributed by atoms with van der Waals surface area (Å²) >= 11 is 3.52. The Morgan fingerprint density at radius 2 is 2.07 bits per heavy atom. The van der Waals surface area contributed by atoms with Gasteiger partial charge in [0.2, 0.25) is 0 Å². The van der Waals surface area contributed by atoms with Gasteiger partial charge in [-0.25, -0.2) is 0 Å². The first kappa shape index (κ1) is 18.7. The molecule has 0 spiro atoms. The number of hydrogen-bond acceptors (Lipinski definition) is 5. The first-order valence-electron chi connectivity index (χ1n) is 9.83. The number of pyridine rings is 1. The zero-order valence-electron chi connectivity index (χ0n) is 15.8. The highest BCUT2D eigenvalue weighted by Crippen LogP contribution is 2.37. The molecule has 0 aliphatic heterocycles. The fraction of sp³-hybridized carbons (Fsp3) is 0.476. The van der Waals surface area contributed by atoms with Gasteiger partial charge in [-0.3, -0.25) is 9.55 Å². The third-order valence-corrected chi connectivity index (χ3v) is 7.13. The van der Waals surface area contributed by atoms with Gasteiger partial charge < -0.3 is 0 Å². The van der Waals surface area contributed by atoms with E-state index in [1.165, 1.54) is 37.7 Å². The van der Waals surface area contributed by atoms with Crippen LogP contribution in [0.4, 0.5) is 0 Å². The lowest BCUT2D eigenvalue weighted by Crippen LogP contribution is -2.20. The van der Waals surface area contributed by atoms with Gasteiger partial charge in [-0.1, -0.05) is 37.1 Å². The van der Waals surface area contributed by atoms with Crippen LogP contribution in [0.1, 0.15) is 50.8 Å². The molecule has 3 heterocycles. The minimum absolute atomic E-state index is 0.438. The van der Waals surface area contributed by atoms with Crippen LogP contribution in [0, 0.1) is 5.92 Å². The number of aryl methyl sites for hydroxylation is 1. The Balaban J connectivity index is 1.55. The van der Waals surface area contributed by atoms with Gasteiger partial charge in [0.1, 0.15) is 0 Å². The highest BCUT2D eigenvalue weighted by molar-refractivity contribution is 7.99. The Bertz CT molecular complexity index is 823. The summed E-state index contributed by atoms with van der Waals surface area (Å²) in [5.74, 6) is 2.72. The normalized spacial score (nSPS) is 16.5. The summed E-state index contributed by atoms with van der Waals surface area (Å²) in [7, 11) is 0. The van der Waals surface area contributed by atoms with E-state index in [4.69, 9.17) is 0 Å². The molecule has 0 amide bonds. The molecule has 3 aromatic heterocycles. The highest BCUT2D eigenvalue weighted by atomic mass is 32.2. The summed E-state index contributed by atoms with van der Waals surface area (Å²) in [5.41, 5.74) is 2.32. The largest absolute Gasteiger partial charge is 0.299 e. The van der Waals surface area contributed by atoms with Crippen LogP contribution in [0.3, 0.4) is 0 Å². The molecule has 1 atom stereocenters. The summed E-state index contributed by atoms with van der Waals surface area (Å²) < 4.78 is 2.40. The minimum atomic E-state index is 0.438. The molecule has 0 N–H and O–H groups in total. The van der Waals surface area contributed by atoms with Gasteiger partial charge in [-0.2, -0.15) is 11.3 Å². The van der Waals surface area contributed by atoms with E-state index in [9.17, 15) is 0 Å². The molecule has 142 valence electrons. The molecule has 0 bridgehead atoms. The zero-order chi connectivity index (χ0) is 18.5. The molecule has 1 aliphatic rings. The smallest absolute Gasteiger partial charge is 0.191 e. The van der Waals surface area contributed by atoms with Gasteiger partial charge in [0.25, 0.3) is 0 Å². The van der Waals surface area contributed by atoms with Gasteiger partial charge in [-0.05, 0) is 55.7 Å². The maximum atomic E-state index is 4.58. The average Bonchev–Trinajstić information content (AvgIpc) is 3.39. The third kappa shape index (κ3) is 4.43. The second-order valence-electron chi connectivity index (χ2n) is 7.25. The first-order valence-corrected chi connectivity index (χ1v) is 11.8. The topological polar surface area (TPSA) is 43.6 Å². The van der Waals surface area contributed by atoms with Crippen molar-refractivity contribution >= 4 is 23.1 Å². The quantitative estimate of drug-likeness (QED) is 0.466. The van der Waals surface area contributed by atoms with Gasteiger partial charge >= 0.3 is 0 Å². The van der Waals surface area contributed by atoms with Crippen molar-refractivity contribution < 1.29 is 0 Å². The van der Waals surface area contributed by atoms with E-state index in [1.807, 2.05) is 12.3 Å². The Hall–Kier alpha value is -1.66. The molecule has 0 unspecified atom stereocenters. The lowest BCUT2D eigenvalue weighted by molar-refractivity contribution is 0.256. The fourth-order valence-electron chi connectivity index (χ4n) is 3.95. The maximum absolute atomic E-state index is 4.58. The second kappa shape index (κ2) is 9.02. The van der Waals surface area contributed by atoms with E-state index in [1.54, 1.807) is 23.1 Å². The number of hydrogen-bond donors (Lipinski definition) is 0. The van der Waals surface area contributed by atoms with Gasteiger partial charge in [0.05, 0.1) is 0 Å². The zero-order valence-corrected chi connectivity index (χ0v) is 17.4. The van der Waals surface area contributed by atoms with Crippen LogP contribution in [-0.2, 0) is 6.42 Å². The number of thiophene rings is 1. The average molecular weight is 399 g/mol. The van der Waals surface area contributed by atoms with Gasteiger partial charge in [0.15, 0.2) is 11.0 Å². The molecule has 1 saturated carbocycles. The Morgan fingerprint density at radius 1 is 1.19 bits per heavy atom. The summed E-state index contributed by atoms with van der Waals surface area (Å²) in [6, 6.07) is 8.70.